The maximum Gasteiger partial charge on any atom is 0.337 e. The molecule has 0 unspecified atom stereocenters. The number of nitrogens with one attached hydrogen (secondary N) is 1. The van der Waals surface area contributed by atoms with Gasteiger partial charge in [-0.15, -0.1) is 0 Å². The first-order valence-corrected chi connectivity index (χ1v) is 8.72. The first kappa shape index (κ1) is 15.5. The number of carbonyl (C=O) groups is 2. The molecule has 0 saturated heterocycles. The Morgan fingerprint density at radius 1 is 1.12 bits per heavy atom. The molecule has 0 aromatic heterocycles. The first-order chi connectivity index (χ1) is 11.5. The third kappa shape index (κ3) is 2.46. The molecular formula is C19H23NO4. The summed E-state index contributed by atoms with van der Waals surface area (Å²) in [4.78, 5) is 24.5. The van der Waals surface area contributed by atoms with E-state index in [1.807, 2.05) is 0 Å². The van der Waals surface area contributed by atoms with Gasteiger partial charge in [0, 0.05) is 0 Å². The second-order valence-corrected chi connectivity index (χ2v) is 7.88. The van der Waals surface area contributed by atoms with Crippen molar-refractivity contribution in [3.05, 3.63) is 23.8 Å². The lowest BCUT2D eigenvalue weighted by atomic mass is 9.49. The number of esters is 1. The Morgan fingerprint density at radius 3 is 2.21 bits per heavy atom. The number of methoxy groups -OCH3 is 1. The number of rotatable bonds is 3. The molecule has 4 fully saturated rings. The lowest BCUT2D eigenvalue weighted by Crippen LogP contribution is -2.51. The van der Waals surface area contributed by atoms with Crippen LogP contribution in [-0.2, 0) is 9.53 Å². The Kier molecular flexibility index (Phi) is 3.55. The molecule has 4 aliphatic carbocycles. The zero-order valence-corrected chi connectivity index (χ0v) is 13.9. The van der Waals surface area contributed by atoms with E-state index < -0.39 is 5.97 Å². The Hall–Kier alpha value is -2.04. The molecule has 4 aliphatic rings. The fourth-order valence-corrected chi connectivity index (χ4v) is 5.53. The Labute approximate surface area is 141 Å². The maximum absolute atomic E-state index is 13.0. The predicted octanol–water partition coefficient (Wildman–Crippen LogP) is 3.33. The first-order valence-electron chi connectivity index (χ1n) is 8.72. The van der Waals surface area contributed by atoms with Crippen LogP contribution in [-0.4, -0.2) is 24.1 Å². The number of hydrogen-bond acceptors (Lipinski definition) is 4. The molecule has 1 aromatic carbocycles. The van der Waals surface area contributed by atoms with Crippen LogP contribution in [0.2, 0.25) is 0 Å². The molecule has 0 heterocycles. The maximum atomic E-state index is 13.0. The zero-order chi connectivity index (χ0) is 16.9. The summed E-state index contributed by atoms with van der Waals surface area (Å²) in [6, 6.07) is 4.46. The Morgan fingerprint density at radius 2 is 1.71 bits per heavy atom. The third-order valence-corrected chi connectivity index (χ3v) is 6.19. The molecule has 2 N–H and O–H groups in total. The lowest BCUT2D eigenvalue weighted by Gasteiger charge is -2.55. The van der Waals surface area contributed by atoms with Gasteiger partial charge in [-0.3, -0.25) is 4.79 Å². The van der Waals surface area contributed by atoms with Gasteiger partial charge in [0.15, 0.2) is 0 Å². The smallest absolute Gasteiger partial charge is 0.337 e. The highest BCUT2D eigenvalue weighted by Gasteiger charge is 2.54. The second-order valence-electron chi connectivity index (χ2n) is 7.88. The van der Waals surface area contributed by atoms with Crippen LogP contribution in [0.3, 0.4) is 0 Å². The molecule has 5 nitrogen and oxygen atoms in total. The van der Waals surface area contributed by atoms with Crippen molar-refractivity contribution in [1.29, 1.82) is 0 Å². The minimum absolute atomic E-state index is 0.0303. The van der Waals surface area contributed by atoms with Crippen molar-refractivity contribution in [3.8, 4) is 5.75 Å². The van der Waals surface area contributed by atoms with Gasteiger partial charge in [-0.2, -0.15) is 0 Å². The number of phenolic OH excluding ortho intramolecular Hbond substituents is 1. The summed E-state index contributed by atoms with van der Waals surface area (Å²) in [5.74, 6) is 1.50. The van der Waals surface area contributed by atoms with Crippen molar-refractivity contribution in [1.82, 2.24) is 0 Å². The fourth-order valence-electron chi connectivity index (χ4n) is 5.53. The van der Waals surface area contributed by atoms with Crippen molar-refractivity contribution in [3.63, 3.8) is 0 Å². The summed E-state index contributed by atoms with van der Waals surface area (Å²) in [5.41, 5.74) is 0.369. The number of benzene rings is 1. The van der Waals surface area contributed by atoms with Crippen LogP contribution < -0.4 is 5.32 Å². The number of ether oxygens (including phenoxy) is 1. The highest BCUT2D eigenvalue weighted by molar-refractivity contribution is 5.98. The summed E-state index contributed by atoms with van der Waals surface area (Å²) >= 11 is 0. The van der Waals surface area contributed by atoms with E-state index in [4.69, 9.17) is 0 Å². The quantitative estimate of drug-likeness (QED) is 0.659. The topological polar surface area (TPSA) is 75.6 Å². The minimum atomic E-state index is -0.510. The molecule has 128 valence electrons. The molecule has 24 heavy (non-hydrogen) atoms. The van der Waals surface area contributed by atoms with E-state index in [0.29, 0.717) is 23.4 Å². The molecule has 1 amide bonds. The summed E-state index contributed by atoms with van der Waals surface area (Å²) in [6.45, 7) is 0. The molecule has 0 atom stereocenters. The number of phenols is 1. The molecule has 1 aromatic rings. The standard InChI is InChI=1S/C19H23NO4/c1-24-17(22)14-2-3-15(16(21)7-14)20-18(23)19-8-11-4-12(9-19)6-13(5-11)10-19/h2-3,7,11-13,21H,4-6,8-10H2,1H3,(H,20,23). The number of carbonyl (C=O) groups excluding carboxylic acids is 2. The predicted molar refractivity (Wildman–Crippen MR) is 88.7 cm³/mol. The van der Waals surface area contributed by atoms with Crippen molar-refractivity contribution in [2.45, 2.75) is 38.5 Å². The van der Waals surface area contributed by atoms with Crippen LogP contribution in [0.4, 0.5) is 5.69 Å². The molecule has 0 radical (unpaired) electrons. The number of anilines is 1. The molecule has 0 spiro atoms. The largest absolute Gasteiger partial charge is 0.506 e. The van der Waals surface area contributed by atoms with Crippen LogP contribution in [0.5, 0.6) is 5.75 Å². The molecule has 4 saturated carbocycles. The minimum Gasteiger partial charge on any atom is -0.506 e. The van der Waals surface area contributed by atoms with Gasteiger partial charge in [0.25, 0.3) is 0 Å². The van der Waals surface area contributed by atoms with Crippen LogP contribution in [0.1, 0.15) is 48.9 Å². The van der Waals surface area contributed by atoms with E-state index in [-0.39, 0.29) is 22.6 Å². The highest BCUT2D eigenvalue weighted by atomic mass is 16.5. The van der Waals surface area contributed by atoms with Gasteiger partial charge in [0.05, 0.1) is 23.8 Å². The highest BCUT2D eigenvalue weighted by Crippen LogP contribution is 2.60. The van der Waals surface area contributed by atoms with E-state index in [2.05, 4.69) is 10.1 Å². The zero-order valence-electron chi connectivity index (χ0n) is 13.9. The third-order valence-electron chi connectivity index (χ3n) is 6.19. The monoisotopic (exact) mass is 329 g/mol. The van der Waals surface area contributed by atoms with Gasteiger partial charge >= 0.3 is 5.97 Å². The lowest BCUT2D eigenvalue weighted by molar-refractivity contribution is -0.140. The van der Waals surface area contributed by atoms with E-state index in [1.54, 1.807) is 12.1 Å². The van der Waals surface area contributed by atoms with Crippen molar-refractivity contribution in [2.75, 3.05) is 12.4 Å². The van der Waals surface area contributed by atoms with E-state index >= 15 is 0 Å². The van der Waals surface area contributed by atoms with Gasteiger partial charge in [-0.1, -0.05) is 0 Å². The molecule has 0 aliphatic heterocycles. The molecule has 5 rings (SSSR count). The summed E-state index contributed by atoms with van der Waals surface area (Å²) in [7, 11) is 1.29. The van der Waals surface area contributed by atoms with Gasteiger partial charge in [-0.05, 0) is 74.5 Å². The Bertz CT molecular complexity index is 661. The van der Waals surface area contributed by atoms with Gasteiger partial charge in [0.2, 0.25) is 5.91 Å². The van der Waals surface area contributed by atoms with Crippen molar-refractivity contribution >= 4 is 17.6 Å². The summed E-state index contributed by atoms with van der Waals surface area (Å²) in [6.07, 6.45) is 6.78. The van der Waals surface area contributed by atoms with Gasteiger partial charge in [0.1, 0.15) is 5.75 Å². The van der Waals surface area contributed by atoms with Crippen LogP contribution in [0.25, 0.3) is 0 Å². The van der Waals surface area contributed by atoms with E-state index in [9.17, 15) is 14.7 Å². The SMILES string of the molecule is COC(=O)c1ccc(NC(=O)C23CC4CC(CC(C4)C2)C3)c(O)c1. The molecule has 5 heteroatoms. The van der Waals surface area contributed by atoms with Crippen molar-refractivity contribution in [2.24, 2.45) is 23.2 Å². The van der Waals surface area contributed by atoms with Crippen molar-refractivity contribution < 1.29 is 19.4 Å². The Balaban J connectivity index is 1.53. The molecular weight excluding hydrogens is 306 g/mol. The number of amides is 1. The normalized spacial score (nSPS) is 33.3. The van der Waals surface area contributed by atoms with Gasteiger partial charge < -0.3 is 15.2 Å². The van der Waals surface area contributed by atoms with Crippen LogP contribution >= 0.6 is 0 Å². The second kappa shape index (κ2) is 5.50. The summed E-state index contributed by atoms with van der Waals surface area (Å²) in [5, 5.41) is 13.1. The van der Waals surface area contributed by atoms with Crippen LogP contribution in [0, 0.1) is 23.2 Å². The van der Waals surface area contributed by atoms with E-state index in [1.165, 1.54) is 32.4 Å². The average Bonchev–Trinajstić information content (AvgIpc) is 2.54. The fraction of sp³-hybridized carbons (Fsp3) is 0.579. The number of hydrogen-bond donors (Lipinski definition) is 2. The van der Waals surface area contributed by atoms with Gasteiger partial charge in [-0.25, -0.2) is 4.79 Å². The summed E-state index contributed by atoms with van der Waals surface area (Å²) < 4.78 is 4.64. The average molecular weight is 329 g/mol. The van der Waals surface area contributed by atoms with Crippen LogP contribution in [0.15, 0.2) is 18.2 Å². The number of aromatic hydroxyl groups is 1. The van der Waals surface area contributed by atoms with E-state index in [0.717, 1.165) is 19.3 Å². The molecule has 4 bridgehead atoms.